The molecule has 2 heterocycles. The molecule has 1 aromatic carbocycles. The SMILES string of the molecule is OC12CCCCC1CN(c1ccnc3c(F)cc(F)cc13)CC2. The molecule has 2 aliphatic rings. The lowest BCUT2D eigenvalue weighted by atomic mass is 9.71. The van der Waals surface area contributed by atoms with Crippen molar-refractivity contribution in [3.05, 3.63) is 36.0 Å². The van der Waals surface area contributed by atoms with E-state index in [1.807, 2.05) is 6.07 Å². The fourth-order valence-electron chi connectivity index (χ4n) is 4.23. The second-order valence-corrected chi connectivity index (χ2v) is 6.86. The van der Waals surface area contributed by atoms with Gasteiger partial charge in [-0.1, -0.05) is 12.8 Å². The van der Waals surface area contributed by atoms with Crippen LogP contribution in [0.4, 0.5) is 14.5 Å². The number of nitrogens with zero attached hydrogens (tertiary/aromatic N) is 2. The lowest BCUT2D eigenvalue weighted by molar-refractivity contribution is -0.0612. The van der Waals surface area contributed by atoms with Crippen LogP contribution in [0.25, 0.3) is 10.9 Å². The van der Waals surface area contributed by atoms with Crippen LogP contribution in [0.5, 0.6) is 0 Å². The molecule has 23 heavy (non-hydrogen) atoms. The number of hydrogen-bond donors (Lipinski definition) is 1. The predicted octanol–water partition coefficient (Wildman–Crippen LogP) is 3.64. The minimum absolute atomic E-state index is 0.202. The zero-order valence-corrected chi connectivity index (χ0v) is 12.9. The molecule has 0 amide bonds. The molecule has 1 saturated carbocycles. The molecule has 1 aromatic heterocycles. The van der Waals surface area contributed by atoms with Crippen LogP contribution >= 0.6 is 0 Å². The number of benzene rings is 1. The fraction of sp³-hybridized carbons (Fsp3) is 0.500. The molecule has 3 nitrogen and oxygen atoms in total. The van der Waals surface area contributed by atoms with Crippen LogP contribution in [-0.4, -0.2) is 28.8 Å². The highest BCUT2D eigenvalue weighted by Crippen LogP contribution is 2.41. The van der Waals surface area contributed by atoms with Crippen molar-refractivity contribution in [3.8, 4) is 0 Å². The molecule has 122 valence electrons. The molecule has 5 heteroatoms. The Kier molecular flexibility index (Phi) is 3.48. The normalized spacial score (nSPS) is 28.0. The Hall–Kier alpha value is -1.75. The van der Waals surface area contributed by atoms with E-state index in [9.17, 15) is 13.9 Å². The maximum absolute atomic E-state index is 14.0. The van der Waals surface area contributed by atoms with E-state index < -0.39 is 17.2 Å². The van der Waals surface area contributed by atoms with Gasteiger partial charge >= 0.3 is 0 Å². The van der Waals surface area contributed by atoms with Gasteiger partial charge in [-0.05, 0) is 31.4 Å². The average Bonchev–Trinajstić information content (AvgIpc) is 2.53. The average molecular weight is 318 g/mol. The smallest absolute Gasteiger partial charge is 0.152 e. The predicted molar refractivity (Wildman–Crippen MR) is 85.4 cm³/mol. The minimum atomic E-state index is -0.631. The monoisotopic (exact) mass is 318 g/mol. The molecule has 2 fully saturated rings. The van der Waals surface area contributed by atoms with Gasteiger partial charge in [-0.15, -0.1) is 0 Å². The van der Waals surface area contributed by atoms with Crippen LogP contribution in [-0.2, 0) is 0 Å². The van der Waals surface area contributed by atoms with E-state index in [0.29, 0.717) is 18.4 Å². The van der Waals surface area contributed by atoms with Crippen molar-refractivity contribution in [1.82, 2.24) is 4.98 Å². The van der Waals surface area contributed by atoms with E-state index in [2.05, 4.69) is 9.88 Å². The largest absolute Gasteiger partial charge is 0.389 e. The Bertz CT molecular complexity index is 751. The Labute approximate surface area is 133 Å². The number of piperidine rings is 1. The Morgan fingerprint density at radius 2 is 2.09 bits per heavy atom. The van der Waals surface area contributed by atoms with Gasteiger partial charge in [0.1, 0.15) is 11.3 Å². The van der Waals surface area contributed by atoms with E-state index in [4.69, 9.17) is 0 Å². The van der Waals surface area contributed by atoms with Gasteiger partial charge in [-0.25, -0.2) is 8.78 Å². The van der Waals surface area contributed by atoms with Crippen LogP contribution in [0.2, 0.25) is 0 Å². The second kappa shape index (κ2) is 5.41. The number of rotatable bonds is 1. The van der Waals surface area contributed by atoms with Crippen molar-refractivity contribution in [2.24, 2.45) is 5.92 Å². The highest BCUT2D eigenvalue weighted by atomic mass is 19.1. The van der Waals surface area contributed by atoms with Crippen LogP contribution in [0.1, 0.15) is 32.1 Å². The summed E-state index contributed by atoms with van der Waals surface area (Å²) >= 11 is 0. The molecular weight excluding hydrogens is 298 g/mol. The highest BCUT2D eigenvalue weighted by Gasteiger charge is 2.42. The zero-order chi connectivity index (χ0) is 16.0. The topological polar surface area (TPSA) is 36.4 Å². The van der Waals surface area contributed by atoms with E-state index in [1.54, 1.807) is 6.20 Å². The van der Waals surface area contributed by atoms with Gasteiger partial charge in [0, 0.05) is 42.3 Å². The van der Waals surface area contributed by atoms with Crippen LogP contribution in [0.15, 0.2) is 24.4 Å². The van der Waals surface area contributed by atoms with Crippen LogP contribution in [0, 0.1) is 17.6 Å². The van der Waals surface area contributed by atoms with Gasteiger partial charge in [0.15, 0.2) is 5.82 Å². The number of fused-ring (bicyclic) bond motifs is 2. The lowest BCUT2D eigenvalue weighted by Crippen LogP contribution is -2.53. The third-order valence-corrected chi connectivity index (χ3v) is 5.51. The summed E-state index contributed by atoms with van der Waals surface area (Å²) < 4.78 is 27.6. The van der Waals surface area contributed by atoms with Crippen LogP contribution < -0.4 is 4.90 Å². The van der Waals surface area contributed by atoms with E-state index >= 15 is 0 Å². The van der Waals surface area contributed by atoms with Crippen molar-refractivity contribution in [2.75, 3.05) is 18.0 Å². The number of aliphatic hydroxyl groups is 1. The standard InChI is InChI=1S/C18H20F2N2O/c19-13-9-14-16(4-7-21-17(14)15(20)10-13)22-8-6-18(23)5-2-1-3-12(18)11-22/h4,7,9-10,12,23H,1-3,5-6,8,11H2. The number of halogens is 2. The minimum Gasteiger partial charge on any atom is -0.389 e. The first-order valence-electron chi connectivity index (χ1n) is 8.28. The molecule has 0 spiro atoms. The summed E-state index contributed by atoms with van der Waals surface area (Å²) in [6.07, 6.45) is 6.38. The number of hydrogen-bond acceptors (Lipinski definition) is 3. The Morgan fingerprint density at radius 1 is 1.22 bits per heavy atom. The molecule has 1 aliphatic carbocycles. The molecule has 0 bridgehead atoms. The van der Waals surface area contributed by atoms with Crippen molar-refractivity contribution in [2.45, 2.75) is 37.7 Å². The van der Waals surface area contributed by atoms with E-state index in [0.717, 1.165) is 44.0 Å². The van der Waals surface area contributed by atoms with Crippen molar-refractivity contribution in [1.29, 1.82) is 0 Å². The van der Waals surface area contributed by atoms with Gasteiger partial charge in [-0.3, -0.25) is 4.98 Å². The molecule has 4 rings (SSSR count). The second-order valence-electron chi connectivity index (χ2n) is 6.86. The third kappa shape index (κ3) is 2.47. The van der Waals surface area contributed by atoms with Gasteiger partial charge < -0.3 is 10.0 Å². The molecule has 1 saturated heterocycles. The highest BCUT2D eigenvalue weighted by molar-refractivity contribution is 5.92. The van der Waals surface area contributed by atoms with E-state index in [-0.39, 0.29) is 11.4 Å². The molecule has 1 aliphatic heterocycles. The summed E-state index contributed by atoms with van der Waals surface area (Å²) in [7, 11) is 0. The van der Waals surface area contributed by atoms with Gasteiger partial charge in [0.25, 0.3) is 0 Å². The molecule has 2 aromatic rings. The summed E-state index contributed by atoms with van der Waals surface area (Å²) in [5.41, 5.74) is 0.447. The van der Waals surface area contributed by atoms with Crippen molar-refractivity contribution < 1.29 is 13.9 Å². The third-order valence-electron chi connectivity index (χ3n) is 5.51. The maximum atomic E-state index is 14.0. The fourth-order valence-corrected chi connectivity index (χ4v) is 4.23. The first kappa shape index (κ1) is 14.8. The van der Waals surface area contributed by atoms with Crippen LogP contribution in [0.3, 0.4) is 0 Å². The summed E-state index contributed by atoms with van der Waals surface area (Å²) in [5.74, 6) is -0.991. The molecular formula is C18H20F2N2O. The summed E-state index contributed by atoms with van der Waals surface area (Å²) in [5, 5.41) is 11.3. The van der Waals surface area contributed by atoms with Gasteiger partial charge in [0.2, 0.25) is 0 Å². The molecule has 2 atom stereocenters. The Morgan fingerprint density at radius 3 is 2.96 bits per heavy atom. The quantitative estimate of drug-likeness (QED) is 0.872. The summed E-state index contributed by atoms with van der Waals surface area (Å²) in [6, 6.07) is 4.03. The first-order chi connectivity index (χ1) is 11.1. The van der Waals surface area contributed by atoms with Crippen molar-refractivity contribution in [3.63, 3.8) is 0 Å². The maximum Gasteiger partial charge on any atom is 0.152 e. The van der Waals surface area contributed by atoms with Gasteiger partial charge in [-0.2, -0.15) is 0 Å². The molecule has 2 unspecified atom stereocenters. The van der Waals surface area contributed by atoms with Crippen molar-refractivity contribution >= 4 is 16.6 Å². The Balaban J connectivity index is 1.73. The number of aromatic nitrogens is 1. The molecule has 0 radical (unpaired) electrons. The molecule has 1 N–H and O–H groups in total. The van der Waals surface area contributed by atoms with Gasteiger partial charge in [0.05, 0.1) is 5.60 Å². The summed E-state index contributed by atoms with van der Waals surface area (Å²) in [6.45, 7) is 1.43. The summed E-state index contributed by atoms with van der Waals surface area (Å²) in [4.78, 5) is 6.20. The number of pyridine rings is 1. The number of anilines is 1. The zero-order valence-electron chi connectivity index (χ0n) is 12.9. The van der Waals surface area contributed by atoms with E-state index in [1.165, 1.54) is 6.07 Å². The lowest BCUT2D eigenvalue weighted by Gasteiger charge is -2.48. The first-order valence-corrected chi connectivity index (χ1v) is 8.28.